The molecule has 2 N–H and O–H groups in total. The second-order valence-corrected chi connectivity index (χ2v) is 14.5. The van der Waals surface area contributed by atoms with E-state index in [0.29, 0.717) is 43.5 Å². The third kappa shape index (κ3) is 10.3. The summed E-state index contributed by atoms with van der Waals surface area (Å²) in [4.78, 5) is 92.2. The van der Waals surface area contributed by atoms with E-state index in [1.165, 1.54) is 19.1 Å². The number of rotatable bonds is 13. The third-order valence-corrected chi connectivity index (χ3v) is 10.6. The summed E-state index contributed by atoms with van der Waals surface area (Å²) in [6.07, 6.45) is 3.84. The monoisotopic (exact) mass is 762 g/mol. The fourth-order valence-electron chi connectivity index (χ4n) is 7.55. The molecule has 0 aliphatic carbocycles. The number of hydrogen-bond acceptors (Lipinski definition) is 12. The molecule has 3 heterocycles. The minimum atomic E-state index is -0.883. The molecule has 0 unspecified atom stereocenters. The Labute approximate surface area is 320 Å². The molecule has 3 aliphatic heterocycles. The van der Waals surface area contributed by atoms with E-state index in [9.17, 15) is 33.6 Å². The molecule has 0 bridgehead atoms. The van der Waals surface area contributed by atoms with E-state index in [1.807, 2.05) is 0 Å². The predicted octanol–water partition coefficient (Wildman–Crippen LogP) is 3.92. The zero-order valence-electron chi connectivity index (χ0n) is 31.7. The number of ether oxygens (including phenoxy) is 4. The van der Waals surface area contributed by atoms with Gasteiger partial charge < -0.3 is 34.5 Å². The van der Waals surface area contributed by atoms with Crippen molar-refractivity contribution in [2.24, 2.45) is 5.92 Å². The van der Waals surface area contributed by atoms with Crippen LogP contribution in [0.4, 0.5) is 9.59 Å². The molecule has 0 radical (unpaired) electrons. The number of Topliss-reactive ketones (excluding diaryl/α,β-unsaturated/α-hetero) is 2. The van der Waals surface area contributed by atoms with Crippen LogP contribution < -0.4 is 10.6 Å². The van der Waals surface area contributed by atoms with Gasteiger partial charge in [-0.25, -0.2) is 14.4 Å². The summed E-state index contributed by atoms with van der Waals surface area (Å²) in [7, 11) is 2.52. The largest absolute Gasteiger partial charge is 0.456 e. The lowest BCUT2D eigenvalue weighted by molar-refractivity contribution is -0.153. The van der Waals surface area contributed by atoms with E-state index in [-0.39, 0.29) is 23.8 Å². The van der Waals surface area contributed by atoms with Crippen LogP contribution in [0.5, 0.6) is 0 Å². The van der Waals surface area contributed by atoms with E-state index in [0.717, 1.165) is 36.8 Å². The van der Waals surface area contributed by atoms with Crippen LogP contribution in [0.1, 0.15) is 79.5 Å². The fraction of sp³-hybridized carbons (Fsp3) is 0.525. The smallest absolute Gasteiger partial charge is 0.407 e. The first-order chi connectivity index (χ1) is 26.4. The topological polar surface area (TPSA) is 187 Å². The lowest BCUT2D eigenvalue weighted by Crippen LogP contribution is -2.54. The molecule has 296 valence electrons. The van der Waals surface area contributed by atoms with E-state index < -0.39 is 67.2 Å². The first-order valence-corrected chi connectivity index (χ1v) is 18.8. The van der Waals surface area contributed by atoms with Crippen molar-refractivity contribution in [1.82, 2.24) is 20.4 Å². The van der Waals surface area contributed by atoms with Crippen LogP contribution in [-0.4, -0.2) is 122 Å². The Bertz CT molecular complexity index is 1730. The van der Waals surface area contributed by atoms with Gasteiger partial charge in [0.25, 0.3) is 0 Å². The Morgan fingerprint density at radius 2 is 1.25 bits per heavy atom. The Kier molecular flexibility index (Phi) is 14.0. The number of nitrogens with one attached hydrogen (secondary N) is 2. The Morgan fingerprint density at radius 3 is 1.80 bits per heavy atom. The van der Waals surface area contributed by atoms with Gasteiger partial charge in [0.2, 0.25) is 5.91 Å². The minimum absolute atomic E-state index is 0.135. The molecular weight excluding hydrogens is 712 g/mol. The van der Waals surface area contributed by atoms with E-state index >= 15 is 0 Å². The molecule has 3 fully saturated rings. The number of carbonyl (C=O) groups is 7. The maximum Gasteiger partial charge on any atom is 0.407 e. The van der Waals surface area contributed by atoms with Gasteiger partial charge >= 0.3 is 24.1 Å². The van der Waals surface area contributed by atoms with E-state index in [4.69, 9.17) is 14.2 Å². The van der Waals surface area contributed by atoms with Crippen molar-refractivity contribution in [2.45, 2.75) is 89.0 Å². The summed E-state index contributed by atoms with van der Waals surface area (Å²) in [6.45, 7) is 3.49. The molecule has 2 aromatic carbocycles. The molecule has 5 atom stereocenters. The van der Waals surface area contributed by atoms with Gasteiger partial charge in [-0.2, -0.15) is 0 Å². The summed E-state index contributed by atoms with van der Waals surface area (Å²) in [5, 5.41) is 5.37. The van der Waals surface area contributed by atoms with Crippen molar-refractivity contribution in [3.05, 3.63) is 59.7 Å². The van der Waals surface area contributed by atoms with Gasteiger partial charge in [-0.1, -0.05) is 62.4 Å². The maximum absolute atomic E-state index is 13.2. The highest BCUT2D eigenvalue weighted by Crippen LogP contribution is 2.32. The average molecular weight is 763 g/mol. The van der Waals surface area contributed by atoms with Gasteiger partial charge in [0.05, 0.1) is 14.2 Å². The van der Waals surface area contributed by atoms with Gasteiger partial charge in [-0.15, -0.1) is 0 Å². The van der Waals surface area contributed by atoms with Crippen LogP contribution in [0.25, 0.3) is 11.1 Å². The molecule has 55 heavy (non-hydrogen) atoms. The van der Waals surface area contributed by atoms with Crippen molar-refractivity contribution in [3.8, 4) is 11.1 Å². The molecule has 2 aromatic rings. The second-order valence-electron chi connectivity index (χ2n) is 14.5. The first-order valence-electron chi connectivity index (χ1n) is 18.8. The second kappa shape index (κ2) is 18.8. The molecule has 5 rings (SSSR count). The number of amides is 3. The number of nitrogens with zero attached hydrogens (tertiary/aromatic N) is 2. The van der Waals surface area contributed by atoms with Crippen LogP contribution in [0.15, 0.2) is 48.5 Å². The predicted molar refractivity (Wildman–Crippen MR) is 198 cm³/mol. The molecule has 3 aliphatic rings. The van der Waals surface area contributed by atoms with Gasteiger partial charge in [-0.05, 0) is 62.0 Å². The van der Waals surface area contributed by atoms with Crippen molar-refractivity contribution < 1.29 is 52.5 Å². The molecule has 15 heteroatoms. The van der Waals surface area contributed by atoms with Crippen LogP contribution in [-0.2, 0) is 33.3 Å². The molecule has 0 aromatic heterocycles. The quantitative estimate of drug-likeness (QED) is 0.171. The first kappa shape index (κ1) is 40.9. The number of likely N-dealkylation sites (tertiary alicyclic amines) is 1. The SMILES string of the molecule is COC(=O)N[C@H]1CCC[C@@H]2CC[C@@H](C(=O)OCC(=O)c3ccc(-c4ccc(C(=O)COC(=O)[C@@H]5CCCN5C(=O)[C@@H](NC(=O)OC)C(C)C)cc4)cc3)N2C1. The van der Waals surface area contributed by atoms with Gasteiger partial charge in [0, 0.05) is 36.3 Å². The number of hydrogen-bond donors (Lipinski definition) is 2. The maximum atomic E-state index is 13.2. The van der Waals surface area contributed by atoms with Crippen LogP contribution >= 0.6 is 0 Å². The lowest BCUT2D eigenvalue weighted by atomic mass is 10.0. The summed E-state index contributed by atoms with van der Waals surface area (Å²) < 4.78 is 20.2. The molecule has 0 saturated carbocycles. The van der Waals surface area contributed by atoms with Gasteiger partial charge in [0.15, 0.2) is 24.8 Å². The number of carbonyl (C=O) groups excluding carboxylic acids is 7. The highest BCUT2D eigenvalue weighted by molar-refractivity contribution is 6.00. The number of ketones is 2. The Morgan fingerprint density at radius 1 is 0.691 bits per heavy atom. The van der Waals surface area contributed by atoms with Crippen LogP contribution in [0, 0.1) is 5.92 Å². The van der Waals surface area contributed by atoms with E-state index in [1.54, 1.807) is 62.4 Å². The Hall–Kier alpha value is -5.31. The summed E-state index contributed by atoms with van der Waals surface area (Å²) in [5.41, 5.74) is 2.29. The molecule has 0 spiro atoms. The highest BCUT2D eigenvalue weighted by atomic mass is 16.5. The zero-order valence-corrected chi connectivity index (χ0v) is 31.7. The third-order valence-electron chi connectivity index (χ3n) is 10.6. The fourth-order valence-corrected chi connectivity index (χ4v) is 7.55. The molecule has 3 amide bonds. The highest BCUT2D eigenvalue weighted by Gasteiger charge is 2.42. The number of esters is 2. The Balaban J connectivity index is 1.10. The van der Waals surface area contributed by atoms with Crippen molar-refractivity contribution in [3.63, 3.8) is 0 Å². The summed E-state index contributed by atoms with van der Waals surface area (Å²) in [6, 6.07) is 11.4. The molecular formula is C40H50N4O11. The number of benzene rings is 2. The van der Waals surface area contributed by atoms with Gasteiger partial charge in [-0.3, -0.25) is 24.1 Å². The average Bonchev–Trinajstić information content (AvgIpc) is 3.80. The summed E-state index contributed by atoms with van der Waals surface area (Å²) in [5.74, 6) is -2.56. The standard InChI is InChI=1S/C40H50N4O11/c1-24(2)35(42-40(51)53-4)36(47)43-20-6-9-31(43)37(48)54-22-33(45)27-14-10-25(11-15-27)26-12-16-28(17-13-26)34(46)23-55-38(49)32-19-18-30-8-5-7-29(21-44(30)32)41-39(50)52-3/h10-17,24,29-32,35H,5-9,18-23H2,1-4H3,(H,41,50)(H,42,51)/t29-,30+,31-,32-,35-/m0/s1. The minimum Gasteiger partial charge on any atom is -0.456 e. The van der Waals surface area contributed by atoms with Crippen molar-refractivity contribution in [1.29, 1.82) is 0 Å². The number of fused-ring (bicyclic) bond motifs is 1. The van der Waals surface area contributed by atoms with E-state index in [2.05, 4.69) is 20.3 Å². The summed E-state index contributed by atoms with van der Waals surface area (Å²) >= 11 is 0. The van der Waals surface area contributed by atoms with Crippen LogP contribution in [0.2, 0.25) is 0 Å². The van der Waals surface area contributed by atoms with Gasteiger partial charge in [0.1, 0.15) is 18.1 Å². The molecule has 15 nitrogen and oxygen atoms in total. The van der Waals surface area contributed by atoms with Crippen molar-refractivity contribution in [2.75, 3.05) is 40.5 Å². The van der Waals surface area contributed by atoms with Crippen LogP contribution in [0.3, 0.4) is 0 Å². The molecule has 3 saturated heterocycles. The number of methoxy groups -OCH3 is 2. The zero-order chi connectivity index (χ0) is 39.6. The lowest BCUT2D eigenvalue weighted by Gasteiger charge is -2.29. The number of alkyl carbamates (subject to hydrolysis) is 2. The normalized spacial score (nSPS) is 21.4. The van der Waals surface area contributed by atoms with Crippen molar-refractivity contribution >= 4 is 41.6 Å².